The van der Waals surface area contributed by atoms with E-state index < -0.39 is 0 Å². The summed E-state index contributed by atoms with van der Waals surface area (Å²) in [5, 5.41) is 3.75. The monoisotopic (exact) mass is 355 g/mol. The maximum absolute atomic E-state index is 14.1. The zero-order chi connectivity index (χ0) is 14.5. The molecule has 1 N–H and O–H groups in total. The largest absolute Gasteiger partial charge is 0.310 e. The predicted molar refractivity (Wildman–Crippen MR) is 85.7 cm³/mol. The van der Waals surface area contributed by atoms with Crippen molar-refractivity contribution in [1.29, 1.82) is 0 Å². The normalized spacial score (nSPS) is 12.4. The van der Waals surface area contributed by atoms with Crippen LogP contribution in [0.25, 0.3) is 0 Å². The Balaban J connectivity index is 2.29. The van der Waals surface area contributed by atoms with Crippen molar-refractivity contribution in [2.75, 3.05) is 6.54 Å². The number of nitrogens with one attached hydrogen (secondary N) is 1. The minimum Gasteiger partial charge on any atom is -0.310 e. The number of benzene rings is 2. The van der Waals surface area contributed by atoms with Gasteiger partial charge in [-0.15, -0.1) is 0 Å². The van der Waals surface area contributed by atoms with Gasteiger partial charge in [0.1, 0.15) is 5.82 Å². The fraction of sp³-hybridized carbons (Fsp3) is 0.250. The van der Waals surface area contributed by atoms with Gasteiger partial charge >= 0.3 is 0 Å². The SMILES string of the molecule is CCNC(Cc1ccccc1Br)c1ccc(Cl)cc1F. The van der Waals surface area contributed by atoms with E-state index in [2.05, 4.69) is 21.2 Å². The minimum absolute atomic E-state index is 0.0732. The maximum Gasteiger partial charge on any atom is 0.129 e. The van der Waals surface area contributed by atoms with E-state index >= 15 is 0 Å². The molecule has 2 aromatic carbocycles. The quantitative estimate of drug-likeness (QED) is 0.782. The molecule has 0 aliphatic rings. The lowest BCUT2D eigenvalue weighted by Gasteiger charge is -2.20. The van der Waals surface area contributed by atoms with Crippen LogP contribution in [-0.2, 0) is 6.42 Å². The van der Waals surface area contributed by atoms with Crippen molar-refractivity contribution < 1.29 is 4.39 Å². The number of rotatable bonds is 5. The standard InChI is InChI=1S/C16H16BrClFN/c1-2-20-16(9-11-5-3-4-6-14(11)17)13-8-7-12(18)10-15(13)19/h3-8,10,16,20H,2,9H2,1H3. The second-order valence-corrected chi connectivity index (χ2v) is 5.86. The predicted octanol–water partition coefficient (Wildman–Crippen LogP) is 5.13. The number of halogens is 3. The van der Waals surface area contributed by atoms with Crippen LogP contribution in [0.5, 0.6) is 0 Å². The summed E-state index contributed by atoms with van der Waals surface area (Å²) < 4.78 is 15.1. The molecule has 0 saturated heterocycles. The van der Waals surface area contributed by atoms with Crippen molar-refractivity contribution >= 4 is 27.5 Å². The molecule has 0 aromatic heterocycles. The third-order valence-electron chi connectivity index (χ3n) is 3.17. The smallest absolute Gasteiger partial charge is 0.129 e. The third kappa shape index (κ3) is 3.81. The van der Waals surface area contributed by atoms with Crippen LogP contribution in [0, 0.1) is 5.82 Å². The van der Waals surface area contributed by atoms with Gasteiger partial charge in [-0.05, 0) is 36.7 Å². The Kier molecular flexibility index (Phi) is 5.58. The molecule has 20 heavy (non-hydrogen) atoms. The van der Waals surface area contributed by atoms with Gasteiger partial charge in [-0.3, -0.25) is 0 Å². The summed E-state index contributed by atoms with van der Waals surface area (Å²) in [5.74, 6) is -0.268. The summed E-state index contributed by atoms with van der Waals surface area (Å²) in [6.07, 6.45) is 0.716. The van der Waals surface area contributed by atoms with Gasteiger partial charge < -0.3 is 5.32 Å². The first-order chi connectivity index (χ1) is 9.61. The van der Waals surface area contributed by atoms with Gasteiger partial charge in [0.2, 0.25) is 0 Å². The molecule has 0 fully saturated rings. The molecule has 0 aliphatic carbocycles. The van der Waals surface area contributed by atoms with Crippen LogP contribution in [0.1, 0.15) is 24.1 Å². The molecule has 0 spiro atoms. The fourth-order valence-electron chi connectivity index (χ4n) is 2.21. The molecule has 2 rings (SSSR count). The number of likely N-dealkylation sites (N-methyl/N-ethyl adjacent to an activating group) is 1. The van der Waals surface area contributed by atoms with Crippen LogP contribution in [-0.4, -0.2) is 6.54 Å². The Morgan fingerprint density at radius 2 is 2.00 bits per heavy atom. The van der Waals surface area contributed by atoms with Gasteiger partial charge in [-0.2, -0.15) is 0 Å². The van der Waals surface area contributed by atoms with Crippen LogP contribution in [0.4, 0.5) is 4.39 Å². The van der Waals surface area contributed by atoms with Crippen molar-refractivity contribution in [3.63, 3.8) is 0 Å². The van der Waals surface area contributed by atoms with E-state index in [-0.39, 0.29) is 11.9 Å². The maximum atomic E-state index is 14.1. The van der Waals surface area contributed by atoms with Crippen LogP contribution in [0.3, 0.4) is 0 Å². The van der Waals surface area contributed by atoms with Gasteiger partial charge in [0, 0.05) is 21.1 Å². The van der Waals surface area contributed by atoms with Crippen molar-refractivity contribution in [3.8, 4) is 0 Å². The van der Waals surface area contributed by atoms with E-state index in [0.29, 0.717) is 17.0 Å². The Morgan fingerprint density at radius 1 is 1.25 bits per heavy atom. The lowest BCUT2D eigenvalue weighted by molar-refractivity contribution is 0.509. The molecule has 1 nitrogen and oxygen atoms in total. The molecule has 4 heteroatoms. The molecular formula is C16H16BrClFN. The Morgan fingerprint density at radius 3 is 2.65 bits per heavy atom. The highest BCUT2D eigenvalue weighted by molar-refractivity contribution is 9.10. The summed E-state index contributed by atoms with van der Waals surface area (Å²) in [5.41, 5.74) is 1.79. The van der Waals surface area contributed by atoms with Crippen LogP contribution in [0.2, 0.25) is 5.02 Å². The first kappa shape index (κ1) is 15.5. The summed E-state index contributed by atoms with van der Waals surface area (Å²) >= 11 is 9.35. The topological polar surface area (TPSA) is 12.0 Å². The molecule has 2 aromatic rings. The zero-order valence-electron chi connectivity index (χ0n) is 11.2. The van der Waals surface area contributed by atoms with Gasteiger partial charge in [0.05, 0.1) is 0 Å². The van der Waals surface area contributed by atoms with Crippen molar-refractivity contribution in [3.05, 3.63) is 68.9 Å². The van der Waals surface area contributed by atoms with E-state index in [0.717, 1.165) is 16.6 Å². The second-order valence-electron chi connectivity index (χ2n) is 4.57. The minimum atomic E-state index is -0.268. The molecule has 106 valence electrons. The number of hydrogen-bond acceptors (Lipinski definition) is 1. The van der Waals surface area contributed by atoms with Crippen molar-refractivity contribution in [2.45, 2.75) is 19.4 Å². The molecule has 0 bridgehead atoms. The van der Waals surface area contributed by atoms with E-state index in [9.17, 15) is 4.39 Å². The molecule has 1 atom stereocenters. The molecule has 0 saturated carbocycles. The van der Waals surface area contributed by atoms with Gasteiger partial charge in [0.15, 0.2) is 0 Å². The molecule has 1 unspecified atom stereocenters. The number of hydrogen-bond donors (Lipinski definition) is 1. The van der Waals surface area contributed by atoms with Gasteiger partial charge in [0.25, 0.3) is 0 Å². The van der Waals surface area contributed by atoms with Crippen molar-refractivity contribution in [1.82, 2.24) is 5.32 Å². The Labute approximate surface area is 132 Å². The summed E-state index contributed by atoms with van der Waals surface area (Å²) in [6, 6.07) is 12.8. The highest BCUT2D eigenvalue weighted by Gasteiger charge is 2.16. The van der Waals surface area contributed by atoms with Crippen LogP contribution in [0.15, 0.2) is 46.9 Å². The lowest BCUT2D eigenvalue weighted by atomic mass is 9.98. The third-order valence-corrected chi connectivity index (χ3v) is 4.18. The Bertz CT molecular complexity index is 588. The first-order valence-corrected chi connectivity index (χ1v) is 7.70. The average Bonchev–Trinajstić information content (AvgIpc) is 2.41. The second kappa shape index (κ2) is 7.21. The summed E-state index contributed by atoms with van der Waals surface area (Å²) in [7, 11) is 0. The molecule has 0 radical (unpaired) electrons. The summed E-state index contributed by atoms with van der Waals surface area (Å²) in [4.78, 5) is 0. The van der Waals surface area contributed by atoms with E-state index in [4.69, 9.17) is 11.6 Å². The highest BCUT2D eigenvalue weighted by atomic mass is 79.9. The first-order valence-electron chi connectivity index (χ1n) is 6.53. The molecule has 0 aliphatic heterocycles. The highest BCUT2D eigenvalue weighted by Crippen LogP contribution is 2.26. The van der Waals surface area contributed by atoms with Crippen LogP contribution < -0.4 is 5.32 Å². The van der Waals surface area contributed by atoms with E-state index in [1.165, 1.54) is 6.07 Å². The molecule has 0 amide bonds. The molecule has 0 heterocycles. The van der Waals surface area contributed by atoms with Gasteiger partial charge in [-0.1, -0.05) is 58.7 Å². The Hall–Kier alpha value is -0.900. The van der Waals surface area contributed by atoms with Crippen LogP contribution >= 0.6 is 27.5 Å². The lowest BCUT2D eigenvalue weighted by Crippen LogP contribution is -2.24. The van der Waals surface area contributed by atoms with E-state index in [1.54, 1.807) is 12.1 Å². The van der Waals surface area contributed by atoms with Gasteiger partial charge in [-0.25, -0.2) is 4.39 Å². The van der Waals surface area contributed by atoms with E-state index in [1.807, 2.05) is 31.2 Å². The van der Waals surface area contributed by atoms with Crippen molar-refractivity contribution in [2.24, 2.45) is 0 Å². The zero-order valence-corrected chi connectivity index (χ0v) is 13.5. The summed E-state index contributed by atoms with van der Waals surface area (Å²) in [6.45, 7) is 2.79. The average molecular weight is 357 g/mol. The molecular weight excluding hydrogens is 341 g/mol. The fourth-order valence-corrected chi connectivity index (χ4v) is 2.81.